The van der Waals surface area contributed by atoms with Crippen molar-refractivity contribution in [3.05, 3.63) is 34.5 Å². The van der Waals surface area contributed by atoms with Gasteiger partial charge in [-0.05, 0) is 60.3 Å². The van der Waals surface area contributed by atoms with E-state index in [1.165, 1.54) is 28.5 Å². The van der Waals surface area contributed by atoms with Crippen LogP contribution in [0.1, 0.15) is 61.8 Å². The van der Waals surface area contributed by atoms with Crippen LogP contribution in [0.3, 0.4) is 0 Å². The zero-order valence-electron chi connectivity index (χ0n) is 18.2. The first-order valence-corrected chi connectivity index (χ1v) is 12.4. The van der Waals surface area contributed by atoms with Crippen molar-refractivity contribution in [3.63, 3.8) is 0 Å². The molecule has 2 atom stereocenters. The minimum Gasteiger partial charge on any atom is -0.476 e. The van der Waals surface area contributed by atoms with Gasteiger partial charge in [-0.1, -0.05) is 26.8 Å². The van der Waals surface area contributed by atoms with Crippen molar-refractivity contribution >= 4 is 21.6 Å². The SMILES string of the molecule is C[C@H]1CCc2cc3c(c(NC(=O)N=S(N)(=O)c4cnn5c4OCC(C)(C)C5)c21)CCC3. The third-order valence-electron chi connectivity index (χ3n) is 6.57. The average Bonchev–Trinajstić information content (AvgIpc) is 3.38. The second-order valence-electron chi connectivity index (χ2n) is 9.77. The molecule has 5 rings (SSSR count). The van der Waals surface area contributed by atoms with Crippen LogP contribution in [-0.2, 0) is 35.7 Å². The summed E-state index contributed by atoms with van der Waals surface area (Å²) in [4.78, 5) is 13.1. The van der Waals surface area contributed by atoms with Crippen molar-refractivity contribution < 1.29 is 13.7 Å². The molecule has 1 aromatic carbocycles. The minimum atomic E-state index is -3.50. The van der Waals surface area contributed by atoms with Crippen LogP contribution in [-0.4, -0.2) is 26.6 Å². The zero-order valence-corrected chi connectivity index (χ0v) is 19.1. The summed E-state index contributed by atoms with van der Waals surface area (Å²) in [5.74, 6) is 0.705. The van der Waals surface area contributed by atoms with E-state index >= 15 is 0 Å². The molecule has 2 heterocycles. The van der Waals surface area contributed by atoms with E-state index in [0.29, 0.717) is 24.9 Å². The number of hydrogen-bond acceptors (Lipinski definition) is 4. The Bertz CT molecular complexity index is 1210. The highest BCUT2D eigenvalue weighted by Crippen LogP contribution is 2.44. The predicted molar refractivity (Wildman–Crippen MR) is 119 cm³/mol. The molecule has 1 aromatic heterocycles. The lowest BCUT2D eigenvalue weighted by molar-refractivity contribution is 0.0972. The Hall–Kier alpha value is -2.39. The molecule has 3 aliphatic rings. The summed E-state index contributed by atoms with van der Waals surface area (Å²) in [6.45, 7) is 7.38. The summed E-state index contributed by atoms with van der Waals surface area (Å²) in [5, 5.41) is 13.3. The van der Waals surface area contributed by atoms with Crippen molar-refractivity contribution in [2.45, 2.75) is 70.2 Å². The lowest BCUT2D eigenvalue weighted by atomic mass is 9.94. The number of nitrogens with two attached hydrogens (primary N) is 1. The molecule has 0 saturated carbocycles. The topological polar surface area (TPSA) is 112 Å². The molecular formula is C22H29N5O3S. The van der Waals surface area contributed by atoms with Gasteiger partial charge < -0.3 is 10.1 Å². The number of carbonyl (C=O) groups is 1. The molecule has 0 radical (unpaired) electrons. The second kappa shape index (κ2) is 7.06. The van der Waals surface area contributed by atoms with Crippen molar-refractivity contribution in [3.8, 4) is 5.88 Å². The second-order valence-corrected chi connectivity index (χ2v) is 11.5. The number of nitrogens with one attached hydrogen (secondary N) is 1. The van der Waals surface area contributed by atoms with Crippen LogP contribution >= 0.6 is 0 Å². The van der Waals surface area contributed by atoms with Crippen LogP contribution in [0.2, 0.25) is 0 Å². The maximum absolute atomic E-state index is 13.2. The van der Waals surface area contributed by atoms with Crippen molar-refractivity contribution in [2.75, 3.05) is 11.9 Å². The largest absolute Gasteiger partial charge is 0.476 e. The van der Waals surface area contributed by atoms with Crippen LogP contribution in [0.5, 0.6) is 5.88 Å². The molecule has 2 aromatic rings. The number of amides is 2. The van der Waals surface area contributed by atoms with Crippen molar-refractivity contribution in [2.24, 2.45) is 14.9 Å². The molecule has 1 aliphatic heterocycles. The van der Waals surface area contributed by atoms with Gasteiger partial charge in [-0.3, -0.25) is 0 Å². The molecule has 2 aliphatic carbocycles. The van der Waals surface area contributed by atoms with Gasteiger partial charge in [0, 0.05) is 11.1 Å². The minimum absolute atomic E-state index is 0.0922. The third kappa shape index (κ3) is 3.53. The van der Waals surface area contributed by atoms with Gasteiger partial charge >= 0.3 is 6.03 Å². The number of hydrogen-bond donors (Lipinski definition) is 2. The number of benzene rings is 1. The van der Waals surface area contributed by atoms with Crippen LogP contribution < -0.4 is 15.2 Å². The van der Waals surface area contributed by atoms with E-state index in [0.717, 1.165) is 37.8 Å². The van der Waals surface area contributed by atoms with E-state index < -0.39 is 15.9 Å². The van der Waals surface area contributed by atoms with Gasteiger partial charge in [0.1, 0.15) is 4.90 Å². The van der Waals surface area contributed by atoms with Crippen LogP contribution in [0, 0.1) is 5.41 Å². The maximum Gasteiger partial charge on any atom is 0.354 e. The number of ether oxygens (including phenoxy) is 1. The van der Waals surface area contributed by atoms with E-state index in [1.807, 2.05) is 0 Å². The molecule has 3 N–H and O–H groups in total. The van der Waals surface area contributed by atoms with Gasteiger partial charge in [0.15, 0.2) is 9.92 Å². The first kappa shape index (κ1) is 20.5. The highest BCUT2D eigenvalue weighted by atomic mass is 32.2. The van der Waals surface area contributed by atoms with Gasteiger partial charge in [0.2, 0.25) is 5.88 Å². The summed E-state index contributed by atoms with van der Waals surface area (Å²) in [5.41, 5.74) is 5.76. The summed E-state index contributed by atoms with van der Waals surface area (Å²) >= 11 is 0. The Morgan fingerprint density at radius 3 is 2.97 bits per heavy atom. The van der Waals surface area contributed by atoms with Crippen LogP contribution in [0.4, 0.5) is 10.5 Å². The first-order valence-electron chi connectivity index (χ1n) is 10.9. The number of urea groups is 1. The Morgan fingerprint density at radius 2 is 2.16 bits per heavy atom. The number of nitrogens with zero attached hydrogens (tertiary/aromatic N) is 3. The molecule has 9 heteroatoms. The van der Waals surface area contributed by atoms with Gasteiger partial charge in [-0.2, -0.15) is 5.10 Å². The average molecular weight is 444 g/mol. The van der Waals surface area contributed by atoms with E-state index in [-0.39, 0.29) is 10.3 Å². The Balaban J connectivity index is 1.48. The zero-order chi connectivity index (χ0) is 22.0. The highest BCUT2D eigenvalue weighted by molar-refractivity contribution is 7.91. The lowest BCUT2D eigenvalue weighted by Gasteiger charge is -2.30. The van der Waals surface area contributed by atoms with E-state index in [2.05, 4.69) is 41.6 Å². The fourth-order valence-corrected chi connectivity index (χ4v) is 6.09. The fraction of sp³-hybridized carbons (Fsp3) is 0.545. The molecule has 0 bridgehead atoms. The van der Waals surface area contributed by atoms with Crippen LogP contribution in [0.25, 0.3) is 0 Å². The molecule has 31 heavy (non-hydrogen) atoms. The first-order chi connectivity index (χ1) is 14.6. The molecule has 0 spiro atoms. The number of rotatable bonds is 2. The van der Waals surface area contributed by atoms with E-state index in [1.54, 1.807) is 4.68 Å². The summed E-state index contributed by atoms with van der Waals surface area (Å²) in [6.07, 6.45) is 6.53. The molecule has 8 nitrogen and oxygen atoms in total. The Morgan fingerprint density at radius 1 is 1.35 bits per heavy atom. The highest BCUT2D eigenvalue weighted by Gasteiger charge is 2.33. The Kier molecular flexibility index (Phi) is 4.67. The lowest BCUT2D eigenvalue weighted by Crippen LogP contribution is -2.33. The predicted octanol–water partition coefficient (Wildman–Crippen LogP) is 3.77. The summed E-state index contributed by atoms with van der Waals surface area (Å²) in [7, 11) is -3.50. The normalized spacial score (nSPS) is 22.6. The van der Waals surface area contributed by atoms with Gasteiger partial charge in [-0.15, -0.1) is 4.36 Å². The smallest absolute Gasteiger partial charge is 0.354 e. The Labute approximate surface area is 182 Å². The van der Waals surface area contributed by atoms with Crippen molar-refractivity contribution in [1.29, 1.82) is 0 Å². The molecule has 1 unspecified atom stereocenters. The number of aryl methyl sites for hydroxylation is 2. The number of anilines is 1. The van der Waals surface area contributed by atoms with Crippen LogP contribution in [0.15, 0.2) is 21.5 Å². The molecule has 166 valence electrons. The molecular weight excluding hydrogens is 414 g/mol. The third-order valence-corrected chi connectivity index (χ3v) is 7.92. The van der Waals surface area contributed by atoms with Gasteiger partial charge in [0.05, 0.1) is 19.3 Å². The molecule has 0 fully saturated rings. The molecule has 2 amide bonds. The summed E-state index contributed by atoms with van der Waals surface area (Å²) in [6, 6.07) is 1.61. The van der Waals surface area contributed by atoms with Gasteiger partial charge in [0.25, 0.3) is 0 Å². The summed E-state index contributed by atoms with van der Waals surface area (Å²) < 4.78 is 24.5. The molecule has 0 saturated heterocycles. The standard InChI is InChI=1S/C22H29N5O3S/c1-13-7-8-15-9-14-5-4-6-16(14)19(18(13)15)25-21(28)26-31(23,29)17-10-24-27-11-22(2,3)12-30-20(17)27/h9-10,13H,4-8,11-12H2,1-3H3,(H3,23,25,26,28,29)/t13-,31?/m0/s1. The number of carbonyl (C=O) groups excluding carboxylic acids is 1. The number of fused-ring (bicyclic) bond motifs is 3. The maximum atomic E-state index is 13.2. The van der Waals surface area contributed by atoms with Gasteiger partial charge in [-0.25, -0.2) is 18.8 Å². The fourth-order valence-electron chi connectivity index (χ4n) is 5.08. The quantitative estimate of drug-likeness (QED) is 0.736. The van der Waals surface area contributed by atoms with E-state index in [9.17, 15) is 9.00 Å². The van der Waals surface area contributed by atoms with Crippen molar-refractivity contribution in [1.82, 2.24) is 9.78 Å². The monoisotopic (exact) mass is 443 g/mol. The van der Waals surface area contributed by atoms with E-state index in [4.69, 9.17) is 9.88 Å². The number of aromatic nitrogens is 2.